The summed E-state index contributed by atoms with van der Waals surface area (Å²) in [4.78, 5) is 1.29. The molecule has 3 N–H and O–H groups in total. The van der Waals surface area contributed by atoms with Gasteiger partial charge >= 0.3 is 0 Å². The molecular weight excluding hydrogens is 320 g/mol. The lowest BCUT2D eigenvalue weighted by Crippen LogP contribution is -2.29. The Morgan fingerprint density at radius 1 is 1.24 bits per heavy atom. The normalized spacial score (nSPS) is 12.6. The van der Waals surface area contributed by atoms with Gasteiger partial charge in [0.05, 0.1) is 9.83 Å². The van der Waals surface area contributed by atoms with E-state index >= 15 is 0 Å². The van der Waals surface area contributed by atoms with Crippen molar-refractivity contribution in [3.05, 3.63) is 55.6 Å². The monoisotopic (exact) mass is 330 g/mol. The quantitative estimate of drug-likeness (QED) is 0.658. The van der Waals surface area contributed by atoms with E-state index in [1.54, 1.807) is 11.3 Å². The highest BCUT2D eigenvalue weighted by molar-refractivity contribution is 9.11. The molecule has 0 aliphatic rings. The number of rotatable bonds is 4. The van der Waals surface area contributed by atoms with E-state index in [0.29, 0.717) is 0 Å². The van der Waals surface area contributed by atoms with Crippen molar-refractivity contribution in [2.24, 2.45) is 5.84 Å². The van der Waals surface area contributed by atoms with Gasteiger partial charge in [-0.25, -0.2) is 0 Å². The van der Waals surface area contributed by atoms with Crippen LogP contribution < -0.4 is 11.3 Å². The van der Waals surface area contributed by atoms with Gasteiger partial charge in [0.2, 0.25) is 0 Å². The number of thiophene rings is 1. The van der Waals surface area contributed by atoms with E-state index in [4.69, 9.17) is 17.4 Å². The largest absolute Gasteiger partial charge is 0.271 e. The zero-order chi connectivity index (χ0) is 12.3. The van der Waals surface area contributed by atoms with Crippen LogP contribution in [-0.2, 0) is 6.42 Å². The third-order valence-corrected chi connectivity index (χ3v) is 4.41. The topological polar surface area (TPSA) is 38.0 Å². The summed E-state index contributed by atoms with van der Waals surface area (Å²) in [7, 11) is 0. The molecule has 5 heteroatoms. The van der Waals surface area contributed by atoms with Crippen LogP contribution in [0.2, 0.25) is 5.02 Å². The highest BCUT2D eigenvalue weighted by Crippen LogP contribution is 2.27. The molecule has 0 saturated heterocycles. The fourth-order valence-corrected chi connectivity index (χ4v) is 3.29. The molecule has 1 heterocycles. The molecule has 0 aliphatic carbocycles. The van der Waals surface area contributed by atoms with Gasteiger partial charge in [-0.2, -0.15) is 0 Å². The van der Waals surface area contributed by atoms with Crippen LogP contribution in [0.25, 0.3) is 0 Å². The van der Waals surface area contributed by atoms with Crippen LogP contribution in [0.5, 0.6) is 0 Å². The minimum atomic E-state index is 0.109. The summed E-state index contributed by atoms with van der Waals surface area (Å²) in [6.07, 6.45) is 0.869. The minimum absolute atomic E-state index is 0.109. The van der Waals surface area contributed by atoms with Crippen LogP contribution in [-0.4, -0.2) is 0 Å². The van der Waals surface area contributed by atoms with Crippen molar-refractivity contribution in [1.82, 2.24) is 5.43 Å². The number of nitrogens with two attached hydrogens (primary N) is 1. The Bertz CT molecular complexity index is 484. The van der Waals surface area contributed by atoms with Crippen LogP contribution in [0.1, 0.15) is 16.5 Å². The summed E-state index contributed by atoms with van der Waals surface area (Å²) >= 11 is 11.1. The number of hydrazine groups is 1. The first-order chi connectivity index (χ1) is 8.19. The van der Waals surface area contributed by atoms with Crippen molar-refractivity contribution in [2.45, 2.75) is 12.5 Å². The summed E-state index contributed by atoms with van der Waals surface area (Å²) < 4.78 is 1.14. The molecule has 1 aromatic heterocycles. The maximum Gasteiger partial charge on any atom is 0.0701 e. The number of nitrogens with one attached hydrogen (secondary N) is 1. The predicted octanol–water partition coefficient (Wildman–Crippen LogP) is 3.91. The molecule has 1 aromatic carbocycles. The van der Waals surface area contributed by atoms with Crippen molar-refractivity contribution in [1.29, 1.82) is 0 Å². The van der Waals surface area contributed by atoms with E-state index in [-0.39, 0.29) is 6.04 Å². The molecule has 0 saturated carbocycles. The number of hydrogen-bond donors (Lipinski definition) is 2. The summed E-state index contributed by atoms with van der Waals surface area (Å²) in [5.74, 6) is 5.61. The van der Waals surface area contributed by atoms with E-state index < -0.39 is 0 Å². The second kappa shape index (κ2) is 5.98. The number of hydrogen-bond acceptors (Lipinski definition) is 3. The average molecular weight is 332 g/mol. The van der Waals surface area contributed by atoms with E-state index in [1.165, 1.54) is 4.88 Å². The molecule has 2 aromatic rings. The second-order valence-corrected chi connectivity index (χ2v) is 6.66. The van der Waals surface area contributed by atoms with E-state index in [1.807, 2.05) is 24.3 Å². The molecule has 0 fully saturated rings. The zero-order valence-electron chi connectivity index (χ0n) is 8.99. The summed E-state index contributed by atoms with van der Waals surface area (Å²) in [5, 5.41) is 0.739. The van der Waals surface area contributed by atoms with Gasteiger partial charge in [-0.05, 0) is 45.8 Å². The molecule has 0 amide bonds. The highest BCUT2D eigenvalue weighted by atomic mass is 79.9. The average Bonchev–Trinajstić information content (AvgIpc) is 2.73. The van der Waals surface area contributed by atoms with E-state index in [9.17, 15) is 0 Å². The Morgan fingerprint density at radius 2 is 1.94 bits per heavy atom. The Hall–Kier alpha value is -0.390. The first-order valence-electron chi connectivity index (χ1n) is 5.15. The molecule has 0 bridgehead atoms. The molecule has 17 heavy (non-hydrogen) atoms. The first-order valence-corrected chi connectivity index (χ1v) is 7.13. The third-order valence-electron chi connectivity index (χ3n) is 2.51. The molecule has 0 aliphatic heterocycles. The fourth-order valence-electron chi connectivity index (χ4n) is 1.63. The second-order valence-electron chi connectivity index (χ2n) is 3.68. The van der Waals surface area contributed by atoms with Gasteiger partial charge in [-0.3, -0.25) is 11.3 Å². The molecular formula is C12H12BrClN2S. The SMILES string of the molecule is NNC(Cc1ccc(Br)s1)c1ccc(Cl)cc1. The summed E-state index contributed by atoms with van der Waals surface area (Å²) in [6, 6.07) is 12.0. The van der Waals surface area contributed by atoms with Crippen LogP contribution >= 0.6 is 38.9 Å². The molecule has 0 radical (unpaired) electrons. The summed E-state index contributed by atoms with van der Waals surface area (Å²) in [5.41, 5.74) is 3.98. The van der Waals surface area contributed by atoms with E-state index in [0.717, 1.165) is 20.8 Å². The number of halogens is 2. The van der Waals surface area contributed by atoms with Crippen LogP contribution in [0.4, 0.5) is 0 Å². The van der Waals surface area contributed by atoms with Gasteiger partial charge in [-0.15, -0.1) is 11.3 Å². The van der Waals surface area contributed by atoms with Crippen molar-refractivity contribution >= 4 is 38.9 Å². The molecule has 1 atom stereocenters. The lowest BCUT2D eigenvalue weighted by molar-refractivity contribution is 0.555. The van der Waals surface area contributed by atoms with Crippen molar-refractivity contribution < 1.29 is 0 Å². The molecule has 0 spiro atoms. The van der Waals surface area contributed by atoms with Crippen LogP contribution in [0.15, 0.2) is 40.2 Å². The number of benzene rings is 1. The molecule has 90 valence electrons. The third kappa shape index (κ3) is 3.53. The molecule has 2 nitrogen and oxygen atoms in total. The Labute approximate surface area is 118 Å². The van der Waals surface area contributed by atoms with Crippen LogP contribution in [0, 0.1) is 0 Å². The van der Waals surface area contributed by atoms with Gasteiger partial charge < -0.3 is 0 Å². The maximum absolute atomic E-state index is 5.87. The Kier molecular flexibility index (Phi) is 4.59. The lowest BCUT2D eigenvalue weighted by atomic mass is 10.0. The lowest BCUT2D eigenvalue weighted by Gasteiger charge is -2.15. The van der Waals surface area contributed by atoms with Crippen molar-refractivity contribution in [2.75, 3.05) is 0 Å². The van der Waals surface area contributed by atoms with Crippen LogP contribution in [0.3, 0.4) is 0 Å². The standard InChI is InChI=1S/C12H12BrClN2S/c13-12-6-5-10(17-12)7-11(16-15)8-1-3-9(14)4-2-8/h1-6,11,16H,7,15H2. The smallest absolute Gasteiger partial charge is 0.0701 e. The van der Waals surface area contributed by atoms with Gasteiger partial charge in [-0.1, -0.05) is 23.7 Å². The fraction of sp³-hybridized carbons (Fsp3) is 0.167. The predicted molar refractivity (Wildman–Crippen MR) is 77.2 cm³/mol. The highest BCUT2D eigenvalue weighted by Gasteiger charge is 2.11. The molecule has 2 rings (SSSR count). The zero-order valence-corrected chi connectivity index (χ0v) is 12.1. The Morgan fingerprint density at radius 3 is 2.47 bits per heavy atom. The Balaban J connectivity index is 2.13. The van der Waals surface area contributed by atoms with E-state index in [2.05, 4.69) is 33.5 Å². The van der Waals surface area contributed by atoms with Gasteiger partial charge in [0.25, 0.3) is 0 Å². The van der Waals surface area contributed by atoms with Gasteiger partial charge in [0, 0.05) is 16.3 Å². The van der Waals surface area contributed by atoms with Crippen molar-refractivity contribution in [3.8, 4) is 0 Å². The maximum atomic E-state index is 5.87. The first kappa shape index (κ1) is 13.1. The summed E-state index contributed by atoms with van der Waals surface area (Å²) in [6.45, 7) is 0. The van der Waals surface area contributed by atoms with Gasteiger partial charge in [0.1, 0.15) is 0 Å². The van der Waals surface area contributed by atoms with Gasteiger partial charge in [0.15, 0.2) is 0 Å². The van der Waals surface area contributed by atoms with Crippen molar-refractivity contribution in [3.63, 3.8) is 0 Å². The minimum Gasteiger partial charge on any atom is -0.271 e. The molecule has 1 unspecified atom stereocenters.